The normalized spacial score (nSPS) is 13.3. The van der Waals surface area contributed by atoms with Crippen LogP contribution >= 0.6 is 15.9 Å². The Bertz CT molecular complexity index is 883. The fraction of sp³-hybridized carbons (Fsp3) is 0.364. The molecular formula is C22H26BrN3O3. The molecule has 2 aromatic rings. The lowest BCUT2D eigenvalue weighted by molar-refractivity contribution is -0.132. The zero-order valence-electron chi connectivity index (χ0n) is 17.0. The van der Waals surface area contributed by atoms with Gasteiger partial charge in [0.15, 0.2) is 6.61 Å². The van der Waals surface area contributed by atoms with Crippen molar-refractivity contribution in [2.45, 2.75) is 20.0 Å². The van der Waals surface area contributed by atoms with E-state index >= 15 is 0 Å². The Labute approximate surface area is 180 Å². The molecule has 0 aromatic heterocycles. The van der Waals surface area contributed by atoms with E-state index in [1.165, 1.54) is 10.5 Å². The van der Waals surface area contributed by atoms with Crippen LogP contribution in [0, 0.1) is 0 Å². The van der Waals surface area contributed by atoms with Crippen molar-refractivity contribution in [2.24, 2.45) is 0 Å². The van der Waals surface area contributed by atoms with Gasteiger partial charge in [0.2, 0.25) is 5.91 Å². The third-order valence-corrected chi connectivity index (χ3v) is 5.28. The van der Waals surface area contributed by atoms with Gasteiger partial charge in [-0.2, -0.15) is 0 Å². The molecule has 6 nitrogen and oxygen atoms in total. The number of halogens is 1. The average molecular weight is 460 g/mol. The van der Waals surface area contributed by atoms with E-state index in [9.17, 15) is 9.59 Å². The van der Waals surface area contributed by atoms with E-state index in [0.29, 0.717) is 24.5 Å². The lowest BCUT2D eigenvalue weighted by Gasteiger charge is -2.31. The summed E-state index contributed by atoms with van der Waals surface area (Å²) >= 11 is 3.40. The summed E-state index contributed by atoms with van der Waals surface area (Å²) in [5.41, 5.74) is 2.93. The molecule has 1 aliphatic heterocycles. The maximum absolute atomic E-state index is 13.0. The molecular weight excluding hydrogens is 434 g/mol. The van der Waals surface area contributed by atoms with E-state index in [4.69, 9.17) is 4.74 Å². The highest BCUT2D eigenvalue weighted by atomic mass is 79.9. The first-order valence-corrected chi connectivity index (χ1v) is 10.4. The molecule has 29 heavy (non-hydrogen) atoms. The first-order valence-electron chi connectivity index (χ1n) is 9.60. The highest BCUT2D eigenvalue weighted by Gasteiger charge is 2.28. The monoisotopic (exact) mass is 459 g/mol. The molecule has 0 unspecified atom stereocenters. The van der Waals surface area contributed by atoms with E-state index in [0.717, 1.165) is 16.6 Å². The van der Waals surface area contributed by atoms with Crippen LogP contribution in [0.5, 0.6) is 5.75 Å². The second kappa shape index (κ2) is 9.41. The summed E-state index contributed by atoms with van der Waals surface area (Å²) in [6.45, 7) is 3.86. The van der Waals surface area contributed by atoms with Crippen LogP contribution in [-0.4, -0.2) is 55.4 Å². The molecule has 0 atom stereocenters. The summed E-state index contributed by atoms with van der Waals surface area (Å²) in [5, 5.41) is 0. The van der Waals surface area contributed by atoms with Crippen molar-refractivity contribution < 1.29 is 14.3 Å². The first kappa shape index (κ1) is 21.3. The first-order chi connectivity index (χ1) is 13.9. The van der Waals surface area contributed by atoms with Crippen LogP contribution in [0.15, 0.2) is 46.9 Å². The summed E-state index contributed by atoms with van der Waals surface area (Å²) in [7, 11) is 4.07. The molecule has 0 spiro atoms. The predicted molar refractivity (Wildman–Crippen MR) is 117 cm³/mol. The van der Waals surface area contributed by atoms with Gasteiger partial charge < -0.3 is 14.5 Å². The summed E-state index contributed by atoms with van der Waals surface area (Å²) < 4.78 is 6.37. The van der Waals surface area contributed by atoms with Gasteiger partial charge in [-0.05, 0) is 50.3 Å². The summed E-state index contributed by atoms with van der Waals surface area (Å²) in [6.07, 6.45) is 0. The molecule has 2 aromatic carbocycles. The fourth-order valence-electron chi connectivity index (χ4n) is 3.30. The van der Waals surface area contributed by atoms with Crippen LogP contribution in [0.4, 0.5) is 5.69 Å². The largest absolute Gasteiger partial charge is 0.482 e. The van der Waals surface area contributed by atoms with Crippen molar-refractivity contribution in [2.75, 3.05) is 38.7 Å². The van der Waals surface area contributed by atoms with E-state index in [1.807, 2.05) is 33.2 Å². The molecule has 0 aliphatic carbocycles. The van der Waals surface area contributed by atoms with Crippen molar-refractivity contribution in [3.05, 3.63) is 58.1 Å². The number of benzene rings is 2. The predicted octanol–water partition coefficient (Wildman–Crippen LogP) is 3.28. The lowest BCUT2D eigenvalue weighted by Crippen LogP contribution is -2.46. The third kappa shape index (κ3) is 5.36. The minimum Gasteiger partial charge on any atom is -0.482 e. The second-order valence-corrected chi connectivity index (χ2v) is 8.26. The minimum atomic E-state index is -0.211. The zero-order chi connectivity index (χ0) is 21.0. The summed E-state index contributed by atoms with van der Waals surface area (Å²) in [4.78, 5) is 30.7. The van der Waals surface area contributed by atoms with E-state index in [1.54, 1.807) is 11.0 Å². The number of nitrogens with zero attached hydrogens (tertiary/aromatic N) is 3. The summed E-state index contributed by atoms with van der Waals surface area (Å²) in [5.74, 6) is 0.303. The number of amides is 2. The Morgan fingerprint density at radius 1 is 1.10 bits per heavy atom. The van der Waals surface area contributed by atoms with Gasteiger partial charge >= 0.3 is 0 Å². The van der Waals surface area contributed by atoms with Crippen LogP contribution in [0.1, 0.15) is 18.1 Å². The Morgan fingerprint density at radius 2 is 1.76 bits per heavy atom. The average Bonchev–Trinajstić information content (AvgIpc) is 2.69. The van der Waals surface area contributed by atoms with E-state index < -0.39 is 0 Å². The molecule has 0 bridgehead atoms. The fourth-order valence-corrected chi connectivity index (χ4v) is 3.64. The molecule has 1 aliphatic rings. The Morgan fingerprint density at radius 3 is 2.38 bits per heavy atom. The molecule has 0 fully saturated rings. The van der Waals surface area contributed by atoms with E-state index in [-0.39, 0.29) is 25.0 Å². The number of fused-ring (bicyclic) bond motifs is 1. The number of carbonyl (C=O) groups excluding carboxylic acids is 2. The minimum absolute atomic E-state index is 0.00335. The van der Waals surface area contributed by atoms with Gasteiger partial charge in [-0.25, -0.2) is 0 Å². The molecule has 0 saturated heterocycles. The number of carbonyl (C=O) groups is 2. The SMILES string of the molecule is CCN(Cc1ccc(CN(C)C)cc1)C(=O)CN1C(=O)COc2cc(Br)ccc21. The maximum atomic E-state index is 13.0. The topological polar surface area (TPSA) is 53.1 Å². The third-order valence-electron chi connectivity index (χ3n) is 4.79. The maximum Gasteiger partial charge on any atom is 0.265 e. The van der Waals surface area contributed by atoms with Gasteiger partial charge in [-0.15, -0.1) is 0 Å². The zero-order valence-corrected chi connectivity index (χ0v) is 18.6. The van der Waals surface area contributed by atoms with Crippen LogP contribution < -0.4 is 9.64 Å². The molecule has 1 heterocycles. The van der Waals surface area contributed by atoms with Gasteiger partial charge in [0.05, 0.1) is 5.69 Å². The smallest absolute Gasteiger partial charge is 0.265 e. The van der Waals surface area contributed by atoms with Crippen molar-refractivity contribution >= 4 is 33.4 Å². The number of hydrogen-bond acceptors (Lipinski definition) is 4. The van der Waals surface area contributed by atoms with Gasteiger partial charge in [0.1, 0.15) is 12.3 Å². The molecule has 0 radical (unpaired) electrons. The number of anilines is 1. The lowest BCUT2D eigenvalue weighted by atomic mass is 10.1. The molecule has 7 heteroatoms. The van der Waals surface area contributed by atoms with Crippen LogP contribution in [0.2, 0.25) is 0 Å². The number of rotatable bonds is 7. The quantitative estimate of drug-likeness (QED) is 0.637. The molecule has 0 saturated carbocycles. The number of hydrogen-bond donors (Lipinski definition) is 0. The van der Waals surface area contributed by atoms with Gasteiger partial charge in [0, 0.05) is 24.1 Å². The van der Waals surface area contributed by atoms with Crippen molar-refractivity contribution in [3.8, 4) is 5.75 Å². The Hall–Kier alpha value is -2.38. The van der Waals surface area contributed by atoms with E-state index in [2.05, 4.69) is 45.1 Å². The highest BCUT2D eigenvalue weighted by molar-refractivity contribution is 9.10. The molecule has 154 valence electrons. The molecule has 0 N–H and O–H groups in total. The van der Waals surface area contributed by atoms with Gasteiger partial charge in [0.25, 0.3) is 5.91 Å². The number of likely N-dealkylation sites (N-methyl/N-ethyl adjacent to an activating group) is 1. The number of ether oxygens (including phenoxy) is 1. The Kier molecular flexibility index (Phi) is 6.92. The van der Waals surface area contributed by atoms with Crippen molar-refractivity contribution in [3.63, 3.8) is 0 Å². The standard InChI is InChI=1S/C22H26BrN3O3/c1-4-25(13-17-7-5-16(6-8-17)12-24(2)3)21(27)14-26-19-10-9-18(23)11-20(19)29-15-22(26)28/h5-11H,4,12-15H2,1-3H3. The van der Waals surface area contributed by atoms with Gasteiger partial charge in [-0.3, -0.25) is 14.5 Å². The summed E-state index contributed by atoms with van der Waals surface area (Å²) in [6, 6.07) is 13.7. The highest BCUT2D eigenvalue weighted by Crippen LogP contribution is 2.34. The van der Waals surface area contributed by atoms with Crippen molar-refractivity contribution in [1.82, 2.24) is 9.80 Å². The molecule has 2 amide bonds. The van der Waals surface area contributed by atoms with Crippen LogP contribution in [0.25, 0.3) is 0 Å². The second-order valence-electron chi connectivity index (χ2n) is 7.34. The Balaban J connectivity index is 1.69. The van der Waals surface area contributed by atoms with Crippen LogP contribution in [0.3, 0.4) is 0 Å². The van der Waals surface area contributed by atoms with Gasteiger partial charge in [-0.1, -0.05) is 40.2 Å². The van der Waals surface area contributed by atoms with Crippen molar-refractivity contribution in [1.29, 1.82) is 0 Å². The van der Waals surface area contributed by atoms with Crippen LogP contribution in [-0.2, 0) is 22.7 Å². The molecule has 3 rings (SSSR count).